The first-order valence-corrected chi connectivity index (χ1v) is 15.2. The maximum Gasteiger partial charge on any atom is 0.253 e. The van der Waals surface area contributed by atoms with Gasteiger partial charge < -0.3 is 9.80 Å². The Kier molecular flexibility index (Phi) is 7.20. The van der Waals surface area contributed by atoms with E-state index in [0.29, 0.717) is 17.1 Å². The highest BCUT2D eigenvalue weighted by molar-refractivity contribution is 8.00. The third-order valence-electron chi connectivity index (χ3n) is 9.16. The second-order valence-electron chi connectivity index (χ2n) is 11.6. The standard InChI is InChI=1S/C33H40N2OS/c1-23-12-14-30(24(2)20-23)34-16-18-35(19-17-34)33(36)26-13-15-31-27(21-26)22-29(25-8-4-3-5-9-25)28-10-6-7-11-32(28)37-31/h6-7,10-15,20-21,25,28-29,32H,3-5,8-9,16-19,22H2,1-2H3. The number of anilines is 1. The van der Waals surface area contributed by atoms with Crippen LogP contribution in [0.5, 0.6) is 0 Å². The van der Waals surface area contributed by atoms with E-state index in [-0.39, 0.29) is 5.91 Å². The minimum absolute atomic E-state index is 0.198. The van der Waals surface area contributed by atoms with Crippen molar-refractivity contribution in [3.05, 3.63) is 83.0 Å². The van der Waals surface area contributed by atoms with Gasteiger partial charge >= 0.3 is 0 Å². The fraction of sp³-hybridized carbons (Fsp3) is 0.485. The summed E-state index contributed by atoms with van der Waals surface area (Å²) in [5.41, 5.74) is 6.20. The minimum atomic E-state index is 0.198. The number of nitrogens with zero attached hydrogens (tertiary/aromatic N) is 2. The summed E-state index contributed by atoms with van der Waals surface area (Å²) in [6.07, 6.45) is 17.4. The van der Waals surface area contributed by atoms with E-state index < -0.39 is 0 Å². The van der Waals surface area contributed by atoms with Crippen LogP contribution in [0.25, 0.3) is 0 Å². The van der Waals surface area contributed by atoms with E-state index in [1.165, 1.54) is 59.4 Å². The number of benzene rings is 2. The molecule has 0 bridgehead atoms. The second kappa shape index (κ2) is 10.7. The summed E-state index contributed by atoms with van der Waals surface area (Å²) in [7, 11) is 0. The van der Waals surface area contributed by atoms with Crippen LogP contribution in [-0.2, 0) is 6.42 Å². The van der Waals surface area contributed by atoms with Gasteiger partial charge in [-0.25, -0.2) is 0 Å². The Balaban J connectivity index is 1.19. The predicted molar refractivity (Wildman–Crippen MR) is 156 cm³/mol. The van der Waals surface area contributed by atoms with Crippen molar-refractivity contribution < 1.29 is 4.79 Å². The normalized spacial score (nSPS) is 25.9. The first kappa shape index (κ1) is 24.9. The molecule has 2 fully saturated rings. The van der Waals surface area contributed by atoms with Crippen LogP contribution in [0, 0.1) is 31.6 Å². The molecule has 1 amide bonds. The lowest BCUT2D eigenvalue weighted by Crippen LogP contribution is -2.49. The molecule has 3 atom stereocenters. The number of piperazine rings is 1. The van der Waals surface area contributed by atoms with Crippen LogP contribution in [0.15, 0.2) is 65.6 Å². The lowest BCUT2D eigenvalue weighted by molar-refractivity contribution is 0.0746. The van der Waals surface area contributed by atoms with Gasteiger partial charge in [0.15, 0.2) is 0 Å². The molecule has 4 aliphatic rings. The van der Waals surface area contributed by atoms with Crippen LogP contribution in [0.4, 0.5) is 5.69 Å². The molecule has 4 heteroatoms. The van der Waals surface area contributed by atoms with Gasteiger partial charge in [-0.05, 0) is 73.4 Å². The maximum atomic E-state index is 13.6. The van der Waals surface area contributed by atoms with Gasteiger partial charge in [0.25, 0.3) is 5.91 Å². The molecule has 2 aliphatic heterocycles. The molecule has 0 spiro atoms. The van der Waals surface area contributed by atoms with Gasteiger partial charge in [0.2, 0.25) is 0 Å². The van der Waals surface area contributed by atoms with Crippen LogP contribution in [0.2, 0.25) is 0 Å². The van der Waals surface area contributed by atoms with E-state index in [1.807, 2.05) is 11.8 Å². The van der Waals surface area contributed by atoms with Crippen molar-refractivity contribution in [3.63, 3.8) is 0 Å². The number of allylic oxidation sites excluding steroid dienone is 3. The number of aryl methyl sites for hydroxylation is 2. The van der Waals surface area contributed by atoms with Crippen molar-refractivity contribution in [1.82, 2.24) is 4.90 Å². The Morgan fingerprint density at radius 1 is 0.892 bits per heavy atom. The quantitative estimate of drug-likeness (QED) is 0.434. The molecule has 2 aromatic carbocycles. The molecular weight excluding hydrogens is 472 g/mol. The molecule has 0 N–H and O–H groups in total. The van der Waals surface area contributed by atoms with E-state index in [1.54, 1.807) is 0 Å². The fourth-order valence-corrected chi connectivity index (χ4v) is 8.52. The summed E-state index contributed by atoms with van der Waals surface area (Å²) in [6.45, 7) is 7.68. The zero-order valence-electron chi connectivity index (χ0n) is 22.4. The Morgan fingerprint density at radius 3 is 2.46 bits per heavy atom. The Labute approximate surface area is 227 Å². The highest BCUT2D eigenvalue weighted by Crippen LogP contribution is 2.47. The van der Waals surface area contributed by atoms with Crippen LogP contribution in [0.3, 0.4) is 0 Å². The second-order valence-corrected chi connectivity index (χ2v) is 12.8. The van der Waals surface area contributed by atoms with Crippen LogP contribution in [0.1, 0.15) is 59.2 Å². The molecule has 194 valence electrons. The molecule has 37 heavy (non-hydrogen) atoms. The SMILES string of the molecule is Cc1ccc(N2CCN(C(=O)c3ccc4c(c3)CC(C3CCCCC3)C3C=CC=CC3S4)CC2)c(C)c1. The van der Waals surface area contributed by atoms with E-state index >= 15 is 0 Å². The Morgan fingerprint density at radius 2 is 1.68 bits per heavy atom. The topological polar surface area (TPSA) is 23.6 Å². The zero-order chi connectivity index (χ0) is 25.4. The van der Waals surface area contributed by atoms with Crippen molar-refractivity contribution in [3.8, 4) is 0 Å². The third-order valence-corrected chi connectivity index (χ3v) is 10.6. The van der Waals surface area contributed by atoms with Gasteiger partial charge in [0.1, 0.15) is 0 Å². The summed E-state index contributed by atoms with van der Waals surface area (Å²) in [5.74, 6) is 2.28. The number of rotatable bonds is 3. The number of amides is 1. The smallest absolute Gasteiger partial charge is 0.253 e. The molecule has 6 rings (SSSR count). The molecule has 1 saturated heterocycles. The van der Waals surface area contributed by atoms with Crippen molar-refractivity contribution >= 4 is 23.4 Å². The van der Waals surface area contributed by atoms with Gasteiger partial charge in [-0.1, -0.05) is 74.1 Å². The first-order chi connectivity index (χ1) is 18.1. The molecule has 3 nitrogen and oxygen atoms in total. The van der Waals surface area contributed by atoms with Gasteiger partial charge in [0.05, 0.1) is 0 Å². The Hall–Kier alpha value is -2.46. The van der Waals surface area contributed by atoms with Gasteiger partial charge in [-0.15, -0.1) is 11.8 Å². The summed E-state index contributed by atoms with van der Waals surface area (Å²) >= 11 is 2.02. The summed E-state index contributed by atoms with van der Waals surface area (Å²) in [5, 5.41) is 0.512. The van der Waals surface area contributed by atoms with Gasteiger partial charge in [-0.2, -0.15) is 0 Å². The highest BCUT2D eigenvalue weighted by Gasteiger charge is 2.37. The largest absolute Gasteiger partial charge is 0.368 e. The maximum absolute atomic E-state index is 13.6. The fourth-order valence-electron chi connectivity index (χ4n) is 7.17. The van der Waals surface area contributed by atoms with Crippen LogP contribution >= 0.6 is 11.8 Å². The van der Waals surface area contributed by atoms with Gasteiger partial charge in [0, 0.05) is 47.6 Å². The first-order valence-electron chi connectivity index (χ1n) is 14.3. The average molecular weight is 513 g/mol. The molecule has 3 unspecified atom stereocenters. The third kappa shape index (κ3) is 5.14. The van der Waals surface area contributed by atoms with Crippen molar-refractivity contribution in [2.45, 2.75) is 62.5 Å². The summed E-state index contributed by atoms with van der Waals surface area (Å²) < 4.78 is 0. The molecule has 2 aromatic rings. The van der Waals surface area contributed by atoms with Crippen molar-refractivity contribution in [2.75, 3.05) is 31.1 Å². The summed E-state index contributed by atoms with van der Waals surface area (Å²) in [4.78, 5) is 19.5. The molecule has 0 radical (unpaired) electrons. The number of carbonyl (C=O) groups is 1. The van der Waals surface area contributed by atoms with E-state index in [4.69, 9.17) is 0 Å². The lowest BCUT2D eigenvalue weighted by Gasteiger charge is -2.37. The molecular formula is C33H40N2OS. The lowest BCUT2D eigenvalue weighted by atomic mass is 9.70. The van der Waals surface area contributed by atoms with Gasteiger partial charge in [-0.3, -0.25) is 4.79 Å². The number of hydrogen-bond acceptors (Lipinski definition) is 3. The number of hydrogen-bond donors (Lipinski definition) is 0. The molecule has 0 aromatic heterocycles. The number of fused-ring (bicyclic) bond motifs is 2. The average Bonchev–Trinajstić information content (AvgIpc) is 3.10. The summed E-state index contributed by atoms with van der Waals surface area (Å²) in [6, 6.07) is 13.3. The van der Waals surface area contributed by atoms with E-state index in [0.717, 1.165) is 44.1 Å². The molecule has 2 heterocycles. The van der Waals surface area contributed by atoms with Crippen molar-refractivity contribution in [1.29, 1.82) is 0 Å². The number of carbonyl (C=O) groups excluding carboxylic acids is 1. The van der Waals surface area contributed by atoms with Crippen LogP contribution in [-0.4, -0.2) is 42.2 Å². The van der Waals surface area contributed by atoms with E-state index in [2.05, 4.69) is 84.3 Å². The van der Waals surface area contributed by atoms with Crippen LogP contribution < -0.4 is 4.90 Å². The van der Waals surface area contributed by atoms with E-state index in [9.17, 15) is 4.79 Å². The zero-order valence-corrected chi connectivity index (χ0v) is 23.2. The minimum Gasteiger partial charge on any atom is -0.368 e. The monoisotopic (exact) mass is 512 g/mol. The molecule has 1 saturated carbocycles. The van der Waals surface area contributed by atoms with Crippen molar-refractivity contribution in [2.24, 2.45) is 17.8 Å². The predicted octanol–water partition coefficient (Wildman–Crippen LogP) is 7.22. The highest BCUT2D eigenvalue weighted by atomic mass is 32.2. The number of thioether (sulfide) groups is 1. The molecule has 2 aliphatic carbocycles. The Bertz CT molecular complexity index is 1200.